The van der Waals surface area contributed by atoms with Crippen LogP contribution in [0.15, 0.2) is 294 Å². The summed E-state index contributed by atoms with van der Waals surface area (Å²) in [6.07, 6.45) is 5.37. The number of hydrogen-bond acceptors (Lipinski definition) is 6. The Labute approximate surface area is 801 Å². The zero-order valence-electron chi connectivity index (χ0n) is 83.4. The van der Waals surface area contributed by atoms with Crippen molar-refractivity contribution in [3.8, 4) is 33.4 Å². The largest absolute Gasteiger partial charge is 0.456 e. The van der Waals surface area contributed by atoms with Crippen LogP contribution in [-0.2, 0) is 55.2 Å². The van der Waals surface area contributed by atoms with Gasteiger partial charge in [0, 0.05) is 89.8 Å². The van der Waals surface area contributed by atoms with Crippen LogP contribution in [0.4, 0.5) is 68.2 Å². The maximum Gasteiger partial charge on any atom is 0.252 e. The molecule has 672 valence electrons. The molecule has 15 aromatic carbocycles. The first-order valence-electron chi connectivity index (χ1n) is 49.6. The number of rotatable bonds is 10. The Bertz CT molecular complexity index is 7790. The summed E-state index contributed by atoms with van der Waals surface area (Å²) in [6.45, 7) is 55.1. The Kier molecular flexibility index (Phi) is 19.1. The molecule has 0 spiro atoms. The van der Waals surface area contributed by atoms with Gasteiger partial charge in [0.05, 0.1) is 0 Å². The topological polar surface area (TPSA) is 39.2 Å². The molecule has 23 rings (SSSR count). The zero-order chi connectivity index (χ0) is 94.0. The Hall–Kier alpha value is -12.8. The number of benzene rings is 15. The molecule has 2 aromatic heterocycles. The van der Waals surface area contributed by atoms with Crippen LogP contribution in [0.5, 0.6) is 0 Å². The van der Waals surface area contributed by atoms with Gasteiger partial charge in [-0.1, -0.05) is 310 Å². The van der Waals surface area contributed by atoms with E-state index in [1.165, 1.54) is 163 Å². The highest BCUT2D eigenvalue weighted by atomic mass is 16.3. The normalized spacial score (nSPS) is 16.2. The summed E-state index contributed by atoms with van der Waals surface area (Å²) >= 11 is 0. The van der Waals surface area contributed by atoms with Gasteiger partial charge in [0.1, 0.15) is 22.3 Å². The third-order valence-corrected chi connectivity index (χ3v) is 32.5. The first-order chi connectivity index (χ1) is 64.0. The summed E-state index contributed by atoms with van der Waals surface area (Å²) in [7, 11) is 0. The van der Waals surface area contributed by atoms with E-state index in [1.807, 2.05) is 6.07 Å². The van der Waals surface area contributed by atoms with Gasteiger partial charge in [-0.3, -0.25) is 0 Å². The molecule has 0 N–H and O–H groups in total. The lowest BCUT2D eigenvalue weighted by Gasteiger charge is -2.48. The van der Waals surface area contributed by atoms with Gasteiger partial charge in [-0.05, 0) is 343 Å². The highest BCUT2D eigenvalue weighted by Crippen LogP contribution is 2.56. The van der Waals surface area contributed by atoms with Crippen LogP contribution >= 0.6 is 0 Å². The second-order valence-electron chi connectivity index (χ2n) is 48.1. The molecule has 6 aliphatic rings. The summed E-state index contributed by atoms with van der Waals surface area (Å²) in [5.74, 6) is 0. The molecular formula is C127H126B2N4O2. The molecule has 0 bridgehead atoms. The number of fused-ring (bicyclic) bond motifs is 16. The van der Waals surface area contributed by atoms with Crippen molar-refractivity contribution in [1.82, 2.24) is 0 Å². The van der Waals surface area contributed by atoms with Gasteiger partial charge in [-0.2, -0.15) is 0 Å². The molecule has 0 saturated heterocycles. The monoisotopic (exact) mass is 1760 g/mol. The molecule has 0 amide bonds. The van der Waals surface area contributed by atoms with Crippen molar-refractivity contribution in [3.63, 3.8) is 0 Å². The molecule has 8 heteroatoms. The third-order valence-electron chi connectivity index (χ3n) is 32.5. The van der Waals surface area contributed by atoms with Crippen molar-refractivity contribution in [2.45, 2.75) is 240 Å². The molecule has 0 saturated carbocycles. The lowest BCUT2D eigenvalue weighted by molar-refractivity contribution is 0.332. The fraction of sp³-hybridized carbons (Fsp3) is 0.291. The van der Waals surface area contributed by atoms with Crippen molar-refractivity contribution in [2.24, 2.45) is 0 Å². The Morgan fingerprint density at radius 3 is 1.12 bits per heavy atom. The van der Waals surface area contributed by atoms with E-state index in [2.05, 4.69) is 458 Å². The maximum atomic E-state index is 7.35. The number of nitrogens with zero attached hydrogens (tertiary/aromatic N) is 4. The first-order valence-corrected chi connectivity index (χ1v) is 49.6. The van der Waals surface area contributed by atoms with E-state index in [-0.39, 0.29) is 62.2 Å². The van der Waals surface area contributed by atoms with Gasteiger partial charge in [-0.25, -0.2) is 0 Å². The van der Waals surface area contributed by atoms with Crippen LogP contribution in [-0.4, -0.2) is 13.4 Å². The van der Waals surface area contributed by atoms with E-state index in [4.69, 9.17) is 8.83 Å². The summed E-state index contributed by atoms with van der Waals surface area (Å²) in [5, 5.41) is 4.52. The van der Waals surface area contributed by atoms with E-state index in [0.29, 0.717) is 0 Å². The van der Waals surface area contributed by atoms with Crippen LogP contribution in [0.25, 0.3) is 77.3 Å². The summed E-state index contributed by atoms with van der Waals surface area (Å²) < 4.78 is 13.8. The van der Waals surface area contributed by atoms with Crippen LogP contribution < -0.4 is 52.4 Å². The van der Waals surface area contributed by atoms with E-state index in [0.717, 1.165) is 109 Å². The quantitative estimate of drug-likeness (QED) is 0.127. The van der Waals surface area contributed by atoms with Crippen LogP contribution in [0, 0.1) is 6.92 Å². The second kappa shape index (κ2) is 29.9. The fourth-order valence-corrected chi connectivity index (χ4v) is 24.0. The van der Waals surface area contributed by atoms with Gasteiger partial charge in [0.25, 0.3) is 13.4 Å². The van der Waals surface area contributed by atoms with E-state index >= 15 is 0 Å². The van der Waals surface area contributed by atoms with Gasteiger partial charge in [-0.15, -0.1) is 0 Å². The molecule has 6 nitrogen and oxygen atoms in total. The van der Waals surface area contributed by atoms with Crippen molar-refractivity contribution >= 4 is 158 Å². The van der Waals surface area contributed by atoms with E-state index < -0.39 is 0 Å². The maximum absolute atomic E-state index is 7.35. The van der Waals surface area contributed by atoms with Crippen molar-refractivity contribution in [3.05, 3.63) is 346 Å². The average Bonchev–Trinajstić information content (AvgIpc) is 1.17. The summed E-state index contributed by atoms with van der Waals surface area (Å²) in [4.78, 5) is 10.5. The predicted octanol–water partition coefficient (Wildman–Crippen LogP) is 31.4. The molecule has 135 heavy (non-hydrogen) atoms. The highest BCUT2D eigenvalue weighted by Gasteiger charge is 2.50. The molecule has 0 unspecified atom stereocenters. The smallest absolute Gasteiger partial charge is 0.252 e. The number of hydrogen-bond donors (Lipinski definition) is 0. The van der Waals surface area contributed by atoms with Crippen LogP contribution in [0.2, 0.25) is 0 Å². The van der Waals surface area contributed by atoms with Crippen molar-refractivity contribution in [1.29, 1.82) is 0 Å². The predicted molar refractivity (Wildman–Crippen MR) is 579 cm³/mol. The van der Waals surface area contributed by atoms with Gasteiger partial charge >= 0.3 is 0 Å². The first kappa shape index (κ1) is 86.4. The minimum Gasteiger partial charge on any atom is -0.456 e. The summed E-state index contributed by atoms with van der Waals surface area (Å²) in [6, 6.07) is 111. The van der Waals surface area contributed by atoms with E-state index in [9.17, 15) is 0 Å². The lowest BCUT2D eigenvalue weighted by Crippen LogP contribution is -2.62. The molecule has 6 heterocycles. The average molecular weight is 1760 g/mol. The standard InChI is InChI=1S/C127H126B2N4O2/c1-76-63-109-116-110(64-76)131(89-46-33-78(34-47-89)77-31-41-84(42-32-77)119(2,3)4)107-69-87(45-58-102(107)128(116)101-56-43-85(120(5,6)7)67-105(101)130(109)90-48-35-79(36-49-90)81-39-53-94-93-28-24-25-30-113(93)134-114(94)65-81)127(22,23)75-83-27-26-29-96-95-54-40-82(66-115(95)135-118(83)96)80-37-50-91(51-38-80)132-106-68-86(121(8,9)10)44-57-103(106)129-104-73-99-100(126(20,21)62-61-125(99,18)19)74-108(104)133(112-71-88(122(11,12)13)70-111(132)117(112)129)92-52-55-97-98(72-92)124(16,17)60-59-123(97,14)15/h24-58,63-74H,59-62,75H2,1-23H3. The van der Waals surface area contributed by atoms with E-state index in [1.54, 1.807) is 0 Å². The molecule has 17 aromatic rings. The van der Waals surface area contributed by atoms with Gasteiger partial charge < -0.3 is 28.4 Å². The zero-order valence-corrected chi connectivity index (χ0v) is 83.4. The Balaban J connectivity index is 0.615. The molecule has 0 atom stereocenters. The van der Waals surface area contributed by atoms with Crippen molar-refractivity contribution in [2.75, 3.05) is 19.6 Å². The molecule has 2 aliphatic carbocycles. The van der Waals surface area contributed by atoms with Gasteiger partial charge in [0.15, 0.2) is 0 Å². The molecular weight excluding hydrogens is 1640 g/mol. The highest BCUT2D eigenvalue weighted by molar-refractivity contribution is 7.01. The Morgan fingerprint density at radius 2 is 0.622 bits per heavy atom. The Morgan fingerprint density at radius 1 is 0.267 bits per heavy atom. The number of furan rings is 2. The van der Waals surface area contributed by atoms with Crippen LogP contribution in [0.1, 0.15) is 239 Å². The van der Waals surface area contributed by atoms with Crippen LogP contribution in [0.3, 0.4) is 0 Å². The lowest BCUT2D eigenvalue weighted by atomic mass is 9.33. The molecule has 4 aliphatic heterocycles. The number of aryl methyl sites for hydroxylation is 1. The van der Waals surface area contributed by atoms with Gasteiger partial charge in [0.2, 0.25) is 0 Å². The second-order valence-corrected chi connectivity index (χ2v) is 48.1. The summed E-state index contributed by atoms with van der Waals surface area (Å²) in [5.41, 5.74) is 47.4. The molecule has 0 fully saturated rings. The third kappa shape index (κ3) is 14.0. The fourth-order valence-electron chi connectivity index (χ4n) is 24.0. The molecule has 0 radical (unpaired) electrons. The number of para-hydroxylation sites is 2. The minimum atomic E-state index is -0.360. The number of anilines is 12. The SMILES string of the molecule is Cc1cc2c3c(c1)N(c1ccc(-c4ccc(C(C)(C)C)cc4)cc1)c1cc(C(C)(C)Cc4cccc5c4oc4cc(-c6ccc(N7c8cc(C(C)(C)C)ccc8B8c9cc%10c(cc9N(c9ccc%11c(c9)C(C)(C)CCC%11(C)C)c9cc(C(C)(C)C)cc7c98)C(C)(C)CCC%10(C)C)cc6)ccc45)ccc1B3c1ccc(C(C)(C)C)cc1N2c1ccc(-c2ccc3c(c2)oc2ccccc23)cc1. The van der Waals surface area contributed by atoms with Crippen molar-refractivity contribution < 1.29 is 8.83 Å². The minimum absolute atomic E-state index is 0.00934.